The highest BCUT2D eigenvalue weighted by atomic mass is 16.1. The van der Waals surface area contributed by atoms with Gasteiger partial charge < -0.3 is 0 Å². The standard InChI is InChI=1S/C16H24O/c1-12-14-13(6-5-8-15(14,2)3)7-9-16(12,4)10-11-17/h7,10,12,14H,5-6,8-9H2,1-4H3. The maximum Gasteiger partial charge on any atom is 0.120 e. The van der Waals surface area contributed by atoms with Crippen LogP contribution >= 0.6 is 0 Å². The highest BCUT2D eigenvalue weighted by Crippen LogP contribution is 2.55. The van der Waals surface area contributed by atoms with Gasteiger partial charge in [-0.15, -0.1) is 0 Å². The second kappa shape index (κ2) is 4.14. The van der Waals surface area contributed by atoms with Crippen molar-refractivity contribution >= 4 is 5.94 Å². The number of fused-ring (bicyclic) bond motifs is 1. The third-order valence-electron chi connectivity index (χ3n) is 5.26. The van der Waals surface area contributed by atoms with Crippen LogP contribution in [-0.4, -0.2) is 5.94 Å². The van der Waals surface area contributed by atoms with Gasteiger partial charge in [0.25, 0.3) is 0 Å². The molecule has 1 saturated carbocycles. The first kappa shape index (κ1) is 12.6. The van der Waals surface area contributed by atoms with E-state index in [2.05, 4.69) is 33.8 Å². The summed E-state index contributed by atoms with van der Waals surface area (Å²) in [6.07, 6.45) is 9.06. The Morgan fingerprint density at radius 1 is 1.41 bits per heavy atom. The highest BCUT2D eigenvalue weighted by Gasteiger charge is 2.46. The highest BCUT2D eigenvalue weighted by molar-refractivity contribution is 5.48. The third kappa shape index (κ3) is 2.02. The van der Waals surface area contributed by atoms with Crippen molar-refractivity contribution in [2.24, 2.45) is 22.7 Å². The first-order valence-corrected chi connectivity index (χ1v) is 6.82. The molecule has 3 unspecified atom stereocenters. The van der Waals surface area contributed by atoms with E-state index in [0.717, 1.165) is 6.42 Å². The van der Waals surface area contributed by atoms with Gasteiger partial charge in [-0.25, -0.2) is 4.79 Å². The van der Waals surface area contributed by atoms with Crippen molar-refractivity contribution in [1.82, 2.24) is 0 Å². The lowest BCUT2D eigenvalue weighted by Crippen LogP contribution is -2.43. The van der Waals surface area contributed by atoms with Crippen LogP contribution < -0.4 is 0 Å². The molecule has 0 spiro atoms. The number of hydrogen-bond acceptors (Lipinski definition) is 1. The number of rotatable bonds is 1. The zero-order chi connectivity index (χ0) is 12.7. The number of allylic oxidation sites excluding steroid dienone is 3. The van der Waals surface area contributed by atoms with E-state index in [4.69, 9.17) is 0 Å². The number of hydrogen-bond donors (Lipinski definition) is 0. The molecule has 0 amide bonds. The van der Waals surface area contributed by atoms with Crippen LogP contribution in [0.5, 0.6) is 0 Å². The zero-order valence-corrected chi connectivity index (χ0v) is 11.5. The predicted molar refractivity (Wildman–Crippen MR) is 71.4 cm³/mol. The molecule has 94 valence electrons. The van der Waals surface area contributed by atoms with Crippen molar-refractivity contribution in [2.45, 2.75) is 53.4 Å². The van der Waals surface area contributed by atoms with E-state index < -0.39 is 0 Å². The van der Waals surface area contributed by atoms with Crippen LogP contribution in [0.4, 0.5) is 0 Å². The molecule has 0 aromatic rings. The molecular formula is C16H24O. The molecule has 1 heteroatoms. The fourth-order valence-corrected chi connectivity index (χ4v) is 4.03. The summed E-state index contributed by atoms with van der Waals surface area (Å²) in [5.74, 6) is 3.21. The van der Waals surface area contributed by atoms with Crippen LogP contribution in [0, 0.1) is 22.7 Å². The Balaban J connectivity index is 2.41. The van der Waals surface area contributed by atoms with E-state index >= 15 is 0 Å². The average molecular weight is 232 g/mol. The van der Waals surface area contributed by atoms with Crippen LogP contribution in [0.15, 0.2) is 17.7 Å². The molecule has 0 heterocycles. The lowest BCUT2D eigenvalue weighted by molar-refractivity contribution is 0.0676. The Hall–Kier alpha value is -0.810. The Morgan fingerprint density at radius 3 is 2.76 bits per heavy atom. The normalized spacial score (nSPS) is 39.9. The smallest absolute Gasteiger partial charge is 0.120 e. The van der Waals surface area contributed by atoms with Gasteiger partial charge in [0.2, 0.25) is 0 Å². The Labute approximate surface area is 105 Å². The minimum atomic E-state index is 0.00449. The van der Waals surface area contributed by atoms with Gasteiger partial charge in [-0.2, -0.15) is 0 Å². The van der Waals surface area contributed by atoms with Gasteiger partial charge in [0.05, 0.1) is 0 Å². The van der Waals surface area contributed by atoms with Crippen LogP contribution in [0.3, 0.4) is 0 Å². The molecular weight excluding hydrogens is 208 g/mol. The molecule has 1 nitrogen and oxygen atoms in total. The minimum absolute atomic E-state index is 0.00449. The second-order valence-electron chi connectivity index (χ2n) is 6.86. The van der Waals surface area contributed by atoms with E-state index in [-0.39, 0.29) is 5.41 Å². The third-order valence-corrected chi connectivity index (χ3v) is 5.26. The predicted octanol–water partition coefficient (Wildman–Crippen LogP) is 4.17. The van der Waals surface area contributed by atoms with E-state index in [1.807, 2.05) is 5.94 Å². The molecule has 0 radical (unpaired) electrons. The van der Waals surface area contributed by atoms with Gasteiger partial charge in [-0.05, 0) is 42.9 Å². The summed E-state index contributed by atoms with van der Waals surface area (Å²) >= 11 is 0. The number of carbonyl (C=O) groups excluding carboxylic acids is 1. The molecule has 3 atom stereocenters. The van der Waals surface area contributed by atoms with Gasteiger partial charge in [0.1, 0.15) is 5.94 Å². The van der Waals surface area contributed by atoms with Crippen LogP contribution in [0.2, 0.25) is 0 Å². The van der Waals surface area contributed by atoms with Crippen LogP contribution in [0.1, 0.15) is 53.4 Å². The fourth-order valence-electron chi connectivity index (χ4n) is 4.03. The first-order valence-electron chi connectivity index (χ1n) is 6.82. The van der Waals surface area contributed by atoms with Gasteiger partial charge >= 0.3 is 0 Å². The lowest BCUT2D eigenvalue weighted by Gasteiger charge is -2.51. The van der Waals surface area contributed by atoms with Crippen molar-refractivity contribution < 1.29 is 4.79 Å². The molecule has 2 aliphatic rings. The van der Waals surface area contributed by atoms with Crippen molar-refractivity contribution in [2.75, 3.05) is 0 Å². The summed E-state index contributed by atoms with van der Waals surface area (Å²) in [5.41, 5.74) is 2.03. The molecule has 0 saturated heterocycles. The average Bonchev–Trinajstić information content (AvgIpc) is 2.23. The van der Waals surface area contributed by atoms with E-state index in [0.29, 0.717) is 17.3 Å². The summed E-state index contributed by atoms with van der Waals surface area (Å²) in [4.78, 5) is 10.7. The van der Waals surface area contributed by atoms with Crippen LogP contribution in [0.25, 0.3) is 0 Å². The molecule has 0 aromatic heterocycles. The van der Waals surface area contributed by atoms with Crippen LogP contribution in [-0.2, 0) is 4.79 Å². The summed E-state index contributed by atoms with van der Waals surface area (Å²) in [6.45, 7) is 9.30. The molecule has 0 aromatic carbocycles. The van der Waals surface area contributed by atoms with Gasteiger partial charge in [-0.1, -0.05) is 39.3 Å². The summed E-state index contributed by atoms with van der Waals surface area (Å²) in [7, 11) is 0. The molecule has 0 bridgehead atoms. The summed E-state index contributed by atoms with van der Waals surface area (Å²) in [5, 5.41) is 0. The maximum absolute atomic E-state index is 10.7. The van der Waals surface area contributed by atoms with Crippen molar-refractivity contribution in [1.29, 1.82) is 0 Å². The zero-order valence-electron chi connectivity index (χ0n) is 11.5. The molecule has 1 fully saturated rings. The van der Waals surface area contributed by atoms with Gasteiger partial charge in [-0.3, -0.25) is 0 Å². The van der Waals surface area contributed by atoms with E-state index in [1.165, 1.54) is 19.3 Å². The first-order chi connectivity index (χ1) is 7.91. The Kier molecular flexibility index (Phi) is 3.08. The molecule has 17 heavy (non-hydrogen) atoms. The fraction of sp³-hybridized carbons (Fsp3) is 0.750. The molecule has 0 N–H and O–H groups in total. The summed E-state index contributed by atoms with van der Waals surface area (Å²) < 4.78 is 0. The second-order valence-corrected chi connectivity index (χ2v) is 6.86. The molecule has 2 aliphatic carbocycles. The monoisotopic (exact) mass is 232 g/mol. The lowest BCUT2D eigenvalue weighted by atomic mass is 9.53. The summed E-state index contributed by atoms with van der Waals surface area (Å²) in [6, 6.07) is 0. The SMILES string of the molecule is CC1C2C(=CCC1(C)C=C=O)CCCC2(C)C. The largest absolute Gasteiger partial charge is 0.234 e. The van der Waals surface area contributed by atoms with Crippen molar-refractivity contribution in [3.8, 4) is 0 Å². The van der Waals surface area contributed by atoms with Crippen molar-refractivity contribution in [3.63, 3.8) is 0 Å². The Bertz CT molecular complexity index is 384. The Morgan fingerprint density at radius 2 is 2.12 bits per heavy atom. The molecule has 2 rings (SSSR count). The molecule has 0 aliphatic heterocycles. The topological polar surface area (TPSA) is 17.1 Å². The van der Waals surface area contributed by atoms with Gasteiger partial charge in [0.15, 0.2) is 0 Å². The van der Waals surface area contributed by atoms with Crippen molar-refractivity contribution in [3.05, 3.63) is 17.7 Å². The van der Waals surface area contributed by atoms with Gasteiger partial charge in [0, 0.05) is 11.5 Å². The van der Waals surface area contributed by atoms with E-state index in [9.17, 15) is 4.79 Å². The minimum Gasteiger partial charge on any atom is -0.234 e. The van der Waals surface area contributed by atoms with E-state index in [1.54, 1.807) is 11.6 Å². The maximum atomic E-state index is 10.7. The quantitative estimate of drug-likeness (QED) is 0.490.